The molecule has 0 spiro atoms. The molecule has 22 nitrogen and oxygen atoms in total. The van der Waals surface area contributed by atoms with Gasteiger partial charge in [-0.2, -0.15) is 0 Å². The number of aliphatic hydroxyl groups is 2. The Morgan fingerprint density at radius 2 is 0.619 bits per heavy atom. The van der Waals surface area contributed by atoms with Crippen LogP contribution in [0.5, 0.6) is 0 Å². The third-order valence-electron chi connectivity index (χ3n) is 4.86. The van der Waals surface area contributed by atoms with Gasteiger partial charge in [0.25, 0.3) is 0 Å². The molecule has 0 aliphatic rings. The number of hydrogen-bond acceptors (Lipinski definition) is 19. The van der Waals surface area contributed by atoms with E-state index in [0.717, 1.165) is 38.9 Å². The molecule has 0 bridgehead atoms. The van der Waals surface area contributed by atoms with Gasteiger partial charge in [-0.3, -0.25) is 4.79 Å². The Hall–Kier alpha value is -1.23. The quantitative estimate of drug-likeness (QED) is 0.0220. The van der Waals surface area contributed by atoms with Gasteiger partial charge in [-0.25, -0.2) is 14.4 Å². The number of halogens is 1. The molecule has 0 saturated carbocycles. The van der Waals surface area contributed by atoms with Gasteiger partial charge in [0.15, 0.2) is 5.78 Å². The number of ketones is 1. The maximum atomic E-state index is 10.4. The minimum Gasteiger partial charge on any atom is -0.870 e. The minimum absolute atomic E-state index is 0. The van der Waals surface area contributed by atoms with E-state index in [9.17, 15) is 19.2 Å². The van der Waals surface area contributed by atoms with Crippen LogP contribution in [0.1, 0.15) is 67.7 Å². The number of alkyl halides is 1. The van der Waals surface area contributed by atoms with Crippen molar-refractivity contribution in [3.05, 3.63) is 0 Å². The van der Waals surface area contributed by atoms with Crippen molar-refractivity contribution in [2.24, 2.45) is 11.5 Å². The maximum Gasteiger partial charge on any atom is 1.00 e. The fourth-order valence-electron chi connectivity index (χ4n) is 2.65. The Labute approximate surface area is 404 Å². The number of aliphatic hydroxyl groups excluding tert-OH is 2. The molecule has 0 aromatic heterocycles. The number of ether oxygens (including phenoxy) is 10. The van der Waals surface area contributed by atoms with Crippen LogP contribution in [-0.2, 0) is 66.5 Å². The number of nitrogens with two attached hydrogens (primary N) is 2. The van der Waals surface area contributed by atoms with Crippen molar-refractivity contribution in [1.29, 1.82) is 0 Å². The molecule has 0 unspecified atom stereocenters. The third-order valence-corrected chi connectivity index (χ3v) is 4.86. The fourth-order valence-corrected chi connectivity index (χ4v) is 2.65. The Morgan fingerprint density at radius 3 is 0.825 bits per heavy atom. The number of aliphatic carboxylic acids is 3. The molecule has 0 heterocycles. The van der Waals surface area contributed by atoms with Gasteiger partial charge in [-0.15, -0.1) is 11.6 Å². The first-order valence-corrected chi connectivity index (χ1v) is 20.6. The van der Waals surface area contributed by atoms with E-state index in [1.54, 1.807) is 0 Å². The average Bonchev–Trinajstić information content (AvgIpc) is 3.22. The van der Waals surface area contributed by atoms with Crippen molar-refractivity contribution in [1.82, 2.24) is 0 Å². The Kier molecular flexibility index (Phi) is 123. The van der Waals surface area contributed by atoms with Crippen LogP contribution >= 0.6 is 11.6 Å². The zero-order chi connectivity index (χ0) is 47.2. The summed E-state index contributed by atoms with van der Waals surface area (Å²) in [7, 11) is 0. The summed E-state index contributed by atoms with van der Waals surface area (Å²) in [6, 6.07) is 0. The van der Waals surface area contributed by atoms with Gasteiger partial charge >= 0.3 is 47.5 Å². The fraction of sp³-hybridized carbons (Fsp3) is 0.897. The van der Waals surface area contributed by atoms with Gasteiger partial charge in [0, 0.05) is 45.9 Å². The summed E-state index contributed by atoms with van der Waals surface area (Å²) >= 11 is 4.64. The van der Waals surface area contributed by atoms with Crippen molar-refractivity contribution >= 4 is 35.3 Å². The second kappa shape index (κ2) is 91.3. The van der Waals surface area contributed by atoms with E-state index in [4.69, 9.17) is 79.6 Å². The van der Waals surface area contributed by atoms with E-state index in [-0.39, 0.29) is 87.9 Å². The third kappa shape index (κ3) is 140. The summed E-state index contributed by atoms with van der Waals surface area (Å²) in [6.45, 7) is 18.6. The second-order valence-electron chi connectivity index (χ2n) is 10.8. The molecule has 0 aromatic rings. The van der Waals surface area contributed by atoms with Crippen LogP contribution in [-0.4, -0.2) is 220 Å². The molecule has 63 heavy (non-hydrogen) atoms. The Balaban J connectivity index is -0.0000000662. The SMILES string of the molecule is C.CCCOCCO.CCCOCCOCC(=O)O.CCCOCCOCC(=O)O.CCCOCCOCC(C)=O.CCl.NCCOCCO.NCCOCCOCC(=O)O.[Na+].[OH-]. The van der Waals surface area contributed by atoms with E-state index in [1.807, 2.05) is 20.8 Å². The van der Waals surface area contributed by atoms with E-state index in [0.29, 0.717) is 106 Å². The summed E-state index contributed by atoms with van der Waals surface area (Å²) in [4.78, 5) is 40.1. The monoisotopic (exact) mass is 963 g/mol. The number of rotatable bonds is 36. The molecule has 382 valence electrons. The Morgan fingerprint density at radius 1 is 0.413 bits per heavy atom. The number of Topliss-reactive ketones (excluding diaryl/α,β-unsaturated/α-hetero) is 1. The second-order valence-corrected chi connectivity index (χ2v) is 10.8. The average molecular weight is 964 g/mol. The molecule has 0 atom stereocenters. The van der Waals surface area contributed by atoms with Gasteiger partial charge in [0.05, 0.1) is 92.5 Å². The molecule has 10 N–H and O–H groups in total. The molecule has 0 aliphatic carbocycles. The molecule has 0 rings (SSSR count). The van der Waals surface area contributed by atoms with Gasteiger partial charge in [-0.1, -0.05) is 35.1 Å². The molecule has 0 fully saturated rings. The first-order valence-electron chi connectivity index (χ1n) is 19.8. The molecule has 0 aromatic carbocycles. The van der Waals surface area contributed by atoms with Gasteiger partial charge < -0.3 is 89.8 Å². The summed E-state index contributed by atoms with van der Waals surface area (Å²) in [5.41, 5.74) is 10.2. The Bertz CT molecular complexity index is 682. The van der Waals surface area contributed by atoms with E-state index in [2.05, 4.69) is 23.3 Å². The molecular formula is C39H88ClN2NaO20. The van der Waals surface area contributed by atoms with Crippen molar-refractivity contribution in [2.75, 3.05) is 165 Å². The van der Waals surface area contributed by atoms with Crippen LogP contribution in [0.3, 0.4) is 0 Å². The zero-order valence-corrected chi connectivity index (χ0v) is 41.5. The van der Waals surface area contributed by atoms with Crippen molar-refractivity contribution in [3.8, 4) is 0 Å². The van der Waals surface area contributed by atoms with Crippen LogP contribution < -0.4 is 41.0 Å². The smallest absolute Gasteiger partial charge is 0.870 e. The molecule has 0 radical (unpaired) electrons. The zero-order valence-electron chi connectivity index (χ0n) is 38.7. The number of hydrogen-bond donors (Lipinski definition) is 7. The van der Waals surface area contributed by atoms with Crippen LogP contribution in [0.25, 0.3) is 0 Å². The van der Waals surface area contributed by atoms with Crippen LogP contribution in [0.4, 0.5) is 0 Å². The summed E-state index contributed by atoms with van der Waals surface area (Å²) in [6.07, 6.45) is 5.46. The van der Waals surface area contributed by atoms with E-state index in [1.165, 1.54) is 13.3 Å². The normalized spacial score (nSPS) is 9.13. The van der Waals surface area contributed by atoms with E-state index >= 15 is 0 Å². The largest absolute Gasteiger partial charge is 1.00 e. The molecule has 24 heteroatoms. The predicted molar refractivity (Wildman–Crippen MR) is 236 cm³/mol. The van der Waals surface area contributed by atoms with E-state index < -0.39 is 17.9 Å². The van der Waals surface area contributed by atoms with Crippen LogP contribution in [0.2, 0.25) is 0 Å². The van der Waals surface area contributed by atoms with Crippen LogP contribution in [0, 0.1) is 0 Å². The van der Waals surface area contributed by atoms with Crippen molar-refractivity contribution in [3.63, 3.8) is 0 Å². The number of carboxylic acids is 3. The molecular weight excluding hydrogens is 875 g/mol. The topological polar surface area (TPSA) is 344 Å². The van der Waals surface area contributed by atoms with Gasteiger partial charge in [0.1, 0.15) is 26.4 Å². The number of carbonyl (C=O) groups excluding carboxylic acids is 1. The van der Waals surface area contributed by atoms with Crippen molar-refractivity contribution in [2.45, 2.75) is 67.7 Å². The van der Waals surface area contributed by atoms with Crippen molar-refractivity contribution < 1.29 is 127 Å². The van der Waals surface area contributed by atoms with Gasteiger partial charge in [-0.05, 0) is 32.6 Å². The standard InChI is InChI=1S/C8H16O3.2C7H14O4.C6H13NO4.C5H12O2.C4H11NO2.CH3Cl.CH4.Na.H2O/c1-3-4-10-5-6-11-7-8(2)9;2*1-2-3-10-4-5-11-6-7(8)9;7-1-2-10-3-4-11-5-6(8)9;1-2-4-7-5-3-6;5-1-3-7-4-2-6;1-2;;;/h3-7H2,1-2H3;2*2-6H2,1H3,(H,8,9);1-5,7H2,(H,8,9);6H,2-5H2,1H3;6H,1-5H2;1H3;1H4;;1H2/q;;;;;;;;+1;/p-1. The predicted octanol–water partition coefficient (Wildman–Crippen LogP) is -1.21. The summed E-state index contributed by atoms with van der Waals surface area (Å²) < 4.78 is 48.9. The summed E-state index contributed by atoms with van der Waals surface area (Å²) in [5.74, 6) is -2.80. The number of carboxylic acid groups (broad SMARTS) is 3. The summed E-state index contributed by atoms with van der Waals surface area (Å²) in [5, 5.41) is 40.7. The first kappa shape index (κ1) is 85.1. The van der Waals surface area contributed by atoms with Crippen LogP contribution in [0.15, 0.2) is 0 Å². The maximum absolute atomic E-state index is 10.4. The minimum atomic E-state index is -0.969. The molecule has 0 saturated heterocycles. The molecule has 0 amide bonds. The first-order chi connectivity index (χ1) is 28.9. The van der Waals surface area contributed by atoms with Gasteiger partial charge in [0.2, 0.25) is 0 Å². The molecule has 0 aliphatic heterocycles. The number of carbonyl (C=O) groups is 4.